The zero-order valence-corrected chi connectivity index (χ0v) is 22.3. The fraction of sp³-hybridized carbons (Fsp3) is 0.310. The van der Waals surface area contributed by atoms with Crippen LogP contribution in [0.1, 0.15) is 24.0 Å². The van der Waals surface area contributed by atoms with E-state index >= 15 is 0 Å². The first-order valence-corrected chi connectivity index (χ1v) is 13.2. The molecule has 0 unspecified atom stereocenters. The van der Waals surface area contributed by atoms with Crippen LogP contribution in [-0.4, -0.2) is 69.7 Å². The minimum atomic E-state index is -2.54. The number of hydrogen-bond acceptors (Lipinski definition) is 8. The third-order valence-electron chi connectivity index (χ3n) is 6.89. The normalized spacial score (nSPS) is 15.6. The summed E-state index contributed by atoms with van der Waals surface area (Å²) in [5, 5.41) is 13.9. The van der Waals surface area contributed by atoms with Gasteiger partial charge in [-0.15, -0.1) is 0 Å². The van der Waals surface area contributed by atoms with Crippen molar-refractivity contribution in [2.24, 2.45) is 0 Å². The summed E-state index contributed by atoms with van der Waals surface area (Å²) in [6.07, 6.45) is 8.10. The molecule has 11 heteroatoms. The number of nitrogens with zero attached hydrogens (tertiary/aromatic N) is 5. The molecule has 0 spiro atoms. The van der Waals surface area contributed by atoms with Crippen LogP contribution in [0.2, 0.25) is 0 Å². The Kier molecular flexibility index (Phi) is 8.30. The Labute approximate surface area is 231 Å². The monoisotopic (exact) mass is 546 g/mol. The van der Waals surface area contributed by atoms with E-state index in [9.17, 15) is 8.78 Å². The molecule has 1 fully saturated rings. The van der Waals surface area contributed by atoms with Gasteiger partial charge in [0.25, 0.3) is 5.92 Å². The van der Waals surface area contributed by atoms with E-state index in [0.717, 1.165) is 33.7 Å². The number of imidazole rings is 1. The quantitative estimate of drug-likeness (QED) is 0.234. The number of ether oxygens (including phenoxy) is 1. The maximum Gasteiger partial charge on any atom is 0.250 e. The Hall–Kier alpha value is -4.38. The lowest BCUT2D eigenvalue weighted by atomic mass is 10.1. The number of benzene rings is 1. The van der Waals surface area contributed by atoms with Crippen LogP contribution in [0.15, 0.2) is 67.4 Å². The second-order valence-electron chi connectivity index (χ2n) is 9.65. The van der Waals surface area contributed by atoms with E-state index in [1.165, 1.54) is 12.5 Å². The molecule has 0 aliphatic carbocycles. The van der Waals surface area contributed by atoms with Gasteiger partial charge in [-0.2, -0.15) is 0 Å². The second kappa shape index (κ2) is 12.2. The van der Waals surface area contributed by atoms with Crippen molar-refractivity contribution in [3.63, 3.8) is 0 Å². The summed E-state index contributed by atoms with van der Waals surface area (Å²) in [6.45, 7) is 2.40. The largest absolute Gasteiger partial charge is 0.492 e. The van der Waals surface area contributed by atoms with Crippen LogP contribution >= 0.6 is 0 Å². The van der Waals surface area contributed by atoms with Gasteiger partial charge in [-0.05, 0) is 17.2 Å². The number of pyridine rings is 1. The molecule has 1 saturated heterocycles. The highest BCUT2D eigenvalue weighted by atomic mass is 19.3. The SMILES string of the molecule is CN/C=C(\C=N)c1ccc(CNc2cc(-c3cnc4cc(OCCN5CCC(F)(F)CC5)ccn34)ncn2)cc1. The van der Waals surface area contributed by atoms with Crippen molar-refractivity contribution in [3.05, 3.63) is 78.5 Å². The lowest BCUT2D eigenvalue weighted by Crippen LogP contribution is -2.41. The summed E-state index contributed by atoms with van der Waals surface area (Å²) in [5.74, 6) is -1.17. The van der Waals surface area contributed by atoms with Crippen molar-refractivity contribution in [1.82, 2.24) is 29.6 Å². The molecule has 4 aromatic rings. The van der Waals surface area contributed by atoms with Gasteiger partial charge in [-0.25, -0.2) is 23.7 Å². The van der Waals surface area contributed by atoms with Crippen LogP contribution in [-0.2, 0) is 6.54 Å². The number of piperidine rings is 1. The number of rotatable bonds is 11. The standard InChI is InChI=1S/C29H32F2N8O/c1-33-18-23(16-32)22-4-2-21(3-5-22)17-34-27-15-25(36-20-37-27)26-19-35-28-14-24(6-9-39(26)28)40-13-12-38-10-7-29(30,31)8-11-38/h2-6,9,14-16,18-20,32-33H,7-8,10-13,17H2,1H3,(H,34,36,37)/b23-18+,32-16?. The number of likely N-dealkylation sites (tertiary alicyclic amines) is 1. The third-order valence-corrected chi connectivity index (χ3v) is 6.89. The highest BCUT2D eigenvalue weighted by molar-refractivity contribution is 6.08. The van der Waals surface area contributed by atoms with E-state index in [1.807, 2.05) is 65.0 Å². The molecule has 0 bridgehead atoms. The van der Waals surface area contributed by atoms with Gasteiger partial charge in [-0.1, -0.05) is 24.3 Å². The van der Waals surface area contributed by atoms with Crippen LogP contribution in [0, 0.1) is 5.41 Å². The van der Waals surface area contributed by atoms with Gasteiger partial charge in [0.1, 0.15) is 30.1 Å². The van der Waals surface area contributed by atoms with Crippen LogP contribution in [0.3, 0.4) is 0 Å². The Morgan fingerprint density at radius 3 is 2.65 bits per heavy atom. The van der Waals surface area contributed by atoms with Crippen molar-refractivity contribution in [2.75, 3.05) is 38.6 Å². The van der Waals surface area contributed by atoms with Crippen molar-refractivity contribution < 1.29 is 13.5 Å². The van der Waals surface area contributed by atoms with E-state index in [2.05, 4.69) is 25.6 Å². The molecule has 3 aromatic heterocycles. The molecule has 0 radical (unpaired) electrons. The summed E-state index contributed by atoms with van der Waals surface area (Å²) in [6, 6.07) is 13.6. The molecule has 0 saturated carbocycles. The summed E-state index contributed by atoms with van der Waals surface area (Å²) in [7, 11) is 1.81. The topological polar surface area (TPSA) is 103 Å². The molecule has 1 aliphatic rings. The molecular formula is C29H32F2N8O. The highest BCUT2D eigenvalue weighted by Gasteiger charge is 2.33. The first-order valence-electron chi connectivity index (χ1n) is 13.2. The number of hydrogen-bond donors (Lipinski definition) is 3. The van der Waals surface area contributed by atoms with E-state index in [4.69, 9.17) is 10.1 Å². The van der Waals surface area contributed by atoms with Gasteiger partial charge in [0.15, 0.2) is 0 Å². The smallest absolute Gasteiger partial charge is 0.250 e. The average Bonchev–Trinajstić information content (AvgIpc) is 3.40. The molecule has 0 amide bonds. The zero-order chi connectivity index (χ0) is 28.0. The lowest BCUT2D eigenvalue weighted by molar-refractivity contribution is -0.0564. The molecule has 1 aromatic carbocycles. The molecule has 5 rings (SSSR count). The molecular weight excluding hydrogens is 514 g/mol. The van der Waals surface area contributed by atoms with Crippen LogP contribution in [0.5, 0.6) is 5.75 Å². The molecule has 9 nitrogen and oxygen atoms in total. The minimum absolute atomic E-state index is 0.0920. The summed E-state index contributed by atoms with van der Waals surface area (Å²) in [4.78, 5) is 15.3. The second-order valence-corrected chi connectivity index (χ2v) is 9.65. The Bertz CT molecular complexity index is 1480. The Balaban J connectivity index is 1.19. The minimum Gasteiger partial charge on any atom is -0.492 e. The van der Waals surface area contributed by atoms with Crippen LogP contribution in [0.4, 0.5) is 14.6 Å². The maximum atomic E-state index is 13.3. The van der Waals surface area contributed by atoms with Crippen LogP contribution < -0.4 is 15.4 Å². The molecule has 40 heavy (non-hydrogen) atoms. The van der Waals surface area contributed by atoms with Gasteiger partial charge < -0.3 is 20.8 Å². The van der Waals surface area contributed by atoms with Crippen molar-refractivity contribution >= 4 is 23.3 Å². The number of anilines is 1. The fourth-order valence-electron chi connectivity index (χ4n) is 4.60. The lowest BCUT2D eigenvalue weighted by Gasteiger charge is -2.31. The average molecular weight is 547 g/mol. The first kappa shape index (κ1) is 27.2. The number of fused-ring (bicyclic) bond motifs is 1. The first-order chi connectivity index (χ1) is 19.4. The predicted octanol–water partition coefficient (Wildman–Crippen LogP) is 4.72. The number of nitrogens with one attached hydrogen (secondary N) is 3. The van der Waals surface area contributed by atoms with Crippen molar-refractivity contribution in [2.45, 2.75) is 25.3 Å². The number of aromatic nitrogens is 4. The molecule has 0 atom stereocenters. The van der Waals surface area contributed by atoms with E-state index in [1.54, 1.807) is 12.4 Å². The third kappa shape index (κ3) is 6.60. The number of alkyl halides is 2. The van der Waals surface area contributed by atoms with E-state index < -0.39 is 5.92 Å². The van der Waals surface area contributed by atoms with E-state index in [0.29, 0.717) is 44.4 Å². The molecule has 3 N–H and O–H groups in total. The van der Waals surface area contributed by atoms with Gasteiger partial charge in [0.2, 0.25) is 0 Å². The Morgan fingerprint density at radius 2 is 1.90 bits per heavy atom. The molecule has 1 aliphatic heterocycles. The number of halogens is 2. The summed E-state index contributed by atoms with van der Waals surface area (Å²) >= 11 is 0. The summed E-state index contributed by atoms with van der Waals surface area (Å²) < 4.78 is 34.5. The Morgan fingerprint density at radius 1 is 1.10 bits per heavy atom. The zero-order valence-electron chi connectivity index (χ0n) is 22.3. The van der Waals surface area contributed by atoms with Crippen molar-refractivity contribution in [1.29, 1.82) is 5.41 Å². The van der Waals surface area contributed by atoms with Crippen molar-refractivity contribution in [3.8, 4) is 17.1 Å². The summed E-state index contributed by atoms with van der Waals surface area (Å²) in [5.41, 5.74) is 5.12. The predicted molar refractivity (Wildman–Crippen MR) is 152 cm³/mol. The van der Waals surface area contributed by atoms with Gasteiger partial charge in [0.05, 0.1) is 17.6 Å². The molecule has 208 valence electrons. The van der Waals surface area contributed by atoms with Crippen LogP contribution in [0.25, 0.3) is 22.6 Å². The number of allylic oxidation sites excluding steroid dienone is 1. The molecule has 4 heterocycles. The van der Waals surface area contributed by atoms with Gasteiger partial charge in [-0.3, -0.25) is 9.30 Å². The van der Waals surface area contributed by atoms with E-state index in [-0.39, 0.29) is 12.8 Å². The maximum absolute atomic E-state index is 13.3. The highest BCUT2D eigenvalue weighted by Crippen LogP contribution is 2.28. The fourth-order valence-corrected chi connectivity index (χ4v) is 4.60. The van der Waals surface area contributed by atoms with Gasteiger partial charge in [0, 0.05) is 82.4 Å². The van der Waals surface area contributed by atoms with Gasteiger partial charge >= 0.3 is 0 Å².